The van der Waals surface area contributed by atoms with E-state index >= 15 is 0 Å². The molecule has 1 atom stereocenters. The summed E-state index contributed by atoms with van der Waals surface area (Å²) in [4.78, 5) is 26.3. The van der Waals surface area contributed by atoms with E-state index in [9.17, 15) is 9.59 Å². The molecule has 8 nitrogen and oxygen atoms in total. The smallest absolute Gasteiger partial charge is 0.315 e. The Morgan fingerprint density at radius 3 is 2.52 bits per heavy atom. The zero-order chi connectivity index (χ0) is 22.2. The highest BCUT2D eigenvalue weighted by Crippen LogP contribution is 2.27. The molecule has 166 valence electrons. The summed E-state index contributed by atoms with van der Waals surface area (Å²) < 4.78 is 16.0. The maximum atomic E-state index is 12.4. The molecule has 1 heterocycles. The largest absolute Gasteiger partial charge is 0.494 e. The van der Waals surface area contributed by atoms with Crippen LogP contribution in [0.2, 0.25) is 0 Å². The van der Waals surface area contributed by atoms with E-state index in [1.807, 2.05) is 49.4 Å². The van der Waals surface area contributed by atoms with Crippen LogP contribution in [0.1, 0.15) is 18.9 Å². The fraction of sp³-hybridized carbons (Fsp3) is 0.391. The number of carbonyl (C=O) groups is 2. The minimum atomic E-state index is -0.285. The number of urea groups is 1. The normalized spacial score (nSPS) is 15.5. The third-order valence-electron chi connectivity index (χ3n) is 5.07. The molecule has 2 aromatic carbocycles. The van der Waals surface area contributed by atoms with Crippen molar-refractivity contribution >= 4 is 17.6 Å². The molecular weight excluding hydrogens is 398 g/mol. The van der Waals surface area contributed by atoms with Crippen molar-refractivity contribution < 1.29 is 23.8 Å². The maximum absolute atomic E-state index is 12.4. The van der Waals surface area contributed by atoms with Gasteiger partial charge in [-0.1, -0.05) is 6.07 Å². The number of nitrogens with one attached hydrogen (secondary N) is 2. The lowest BCUT2D eigenvalue weighted by atomic mass is 10.1. The highest BCUT2D eigenvalue weighted by atomic mass is 16.5. The van der Waals surface area contributed by atoms with Gasteiger partial charge in [-0.25, -0.2) is 4.79 Å². The van der Waals surface area contributed by atoms with Crippen LogP contribution in [-0.2, 0) is 11.2 Å². The Hall–Kier alpha value is -3.42. The number of hydrogen-bond acceptors (Lipinski definition) is 5. The van der Waals surface area contributed by atoms with Crippen molar-refractivity contribution in [2.75, 3.05) is 38.8 Å². The Balaban J connectivity index is 1.46. The van der Waals surface area contributed by atoms with Crippen LogP contribution < -0.4 is 29.7 Å². The number of carbonyl (C=O) groups excluding carboxylic acids is 2. The molecule has 8 heteroatoms. The van der Waals surface area contributed by atoms with Crippen LogP contribution in [0.15, 0.2) is 42.5 Å². The lowest BCUT2D eigenvalue weighted by molar-refractivity contribution is -0.117. The van der Waals surface area contributed by atoms with Gasteiger partial charge < -0.3 is 29.7 Å². The van der Waals surface area contributed by atoms with Crippen molar-refractivity contribution in [3.63, 3.8) is 0 Å². The van der Waals surface area contributed by atoms with E-state index in [0.29, 0.717) is 37.6 Å². The number of anilines is 1. The van der Waals surface area contributed by atoms with E-state index in [1.54, 1.807) is 19.1 Å². The first-order chi connectivity index (χ1) is 15.0. The SMILES string of the molecule is CCOc1ccc(N2C[C@H](NC(=O)NCCc3ccc(OC)c(OC)c3)CC2=O)cc1. The average molecular weight is 428 g/mol. The minimum Gasteiger partial charge on any atom is -0.494 e. The Morgan fingerprint density at radius 2 is 1.84 bits per heavy atom. The molecule has 1 aliphatic rings. The van der Waals surface area contributed by atoms with Crippen LogP contribution in [0.3, 0.4) is 0 Å². The summed E-state index contributed by atoms with van der Waals surface area (Å²) >= 11 is 0. The third-order valence-corrected chi connectivity index (χ3v) is 5.07. The number of rotatable bonds is 9. The fourth-order valence-electron chi connectivity index (χ4n) is 3.54. The Morgan fingerprint density at radius 1 is 1.10 bits per heavy atom. The van der Waals surface area contributed by atoms with Crippen LogP contribution in [0.5, 0.6) is 17.2 Å². The van der Waals surface area contributed by atoms with Crippen molar-refractivity contribution in [1.82, 2.24) is 10.6 Å². The van der Waals surface area contributed by atoms with E-state index in [2.05, 4.69) is 10.6 Å². The summed E-state index contributed by atoms with van der Waals surface area (Å²) in [6.07, 6.45) is 0.923. The van der Waals surface area contributed by atoms with Crippen molar-refractivity contribution in [2.45, 2.75) is 25.8 Å². The lowest BCUT2D eigenvalue weighted by Gasteiger charge is -2.18. The van der Waals surface area contributed by atoms with Gasteiger partial charge >= 0.3 is 6.03 Å². The first-order valence-corrected chi connectivity index (χ1v) is 10.3. The van der Waals surface area contributed by atoms with Crippen LogP contribution in [0, 0.1) is 0 Å². The van der Waals surface area contributed by atoms with Crippen LogP contribution in [0.4, 0.5) is 10.5 Å². The molecule has 1 aliphatic heterocycles. The summed E-state index contributed by atoms with van der Waals surface area (Å²) in [6, 6.07) is 12.5. The monoisotopic (exact) mass is 427 g/mol. The molecule has 1 fully saturated rings. The minimum absolute atomic E-state index is 0.0141. The molecular formula is C23H29N3O5. The Kier molecular flexibility index (Phi) is 7.59. The summed E-state index contributed by atoms with van der Waals surface area (Å²) in [5.41, 5.74) is 1.82. The average Bonchev–Trinajstić information content (AvgIpc) is 3.14. The van der Waals surface area contributed by atoms with E-state index in [0.717, 1.165) is 17.0 Å². The van der Waals surface area contributed by atoms with Crippen LogP contribution >= 0.6 is 0 Å². The van der Waals surface area contributed by atoms with Crippen molar-refractivity contribution in [3.8, 4) is 17.2 Å². The summed E-state index contributed by atoms with van der Waals surface area (Å²) in [7, 11) is 3.18. The van der Waals surface area contributed by atoms with Crippen molar-refractivity contribution in [1.29, 1.82) is 0 Å². The third kappa shape index (κ3) is 5.81. The number of amides is 3. The second kappa shape index (κ2) is 10.6. The molecule has 2 N–H and O–H groups in total. The van der Waals surface area contributed by atoms with E-state index in [-0.39, 0.29) is 24.4 Å². The number of methoxy groups -OCH3 is 2. The first kappa shape index (κ1) is 22.3. The molecule has 0 aromatic heterocycles. The van der Waals surface area contributed by atoms with Gasteiger partial charge in [0.2, 0.25) is 5.91 Å². The predicted octanol–water partition coefficient (Wildman–Crippen LogP) is 2.75. The summed E-state index contributed by atoms with van der Waals surface area (Å²) in [5.74, 6) is 2.07. The second-order valence-electron chi connectivity index (χ2n) is 7.17. The quantitative estimate of drug-likeness (QED) is 0.642. The van der Waals surface area contributed by atoms with E-state index < -0.39 is 0 Å². The molecule has 0 saturated carbocycles. The molecule has 0 bridgehead atoms. The first-order valence-electron chi connectivity index (χ1n) is 10.3. The number of benzene rings is 2. The van der Waals surface area contributed by atoms with Gasteiger partial charge in [0.25, 0.3) is 0 Å². The molecule has 3 amide bonds. The predicted molar refractivity (Wildman–Crippen MR) is 118 cm³/mol. The maximum Gasteiger partial charge on any atom is 0.315 e. The molecule has 0 spiro atoms. The second-order valence-corrected chi connectivity index (χ2v) is 7.17. The van der Waals surface area contributed by atoms with Gasteiger partial charge in [-0.05, 0) is 55.3 Å². The molecule has 0 radical (unpaired) electrons. The lowest BCUT2D eigenvalue weighted by Crippen LogP contribution is -2.43. The van der Waals surface area contributed by atoms with Gasteiger partial charge in [0.1, 0.15) is 5.75 Å². The highest BCUT2D eigenvalue weighted by Gasteiger charge is 2.31. The summed E-state index contributed by atoms with van der Waals surface area (Å²) in [6.45, 7) is 3.42. The standard InChI is InChI=1S/C23H29N3O5/c1-4-31-19-8-6-18(7-9-19)26-15-17(14-22(26)27)25-23(28)24-12-11-16-5-10-20(29-2)21(13-16)30-3/h5-10,13,17H,4,11-12,14-15H2,1-3H3,(H2,24,25,28)/t17-/m1/s1. The Bertz CT molecular complexity index is 901. The highest BCUT2D eigenvalue weighted by molar-refractivity contribution is 5.96. The van der Waals surface area contributed by atoms with Crippen LogP contribution in [0.25, 0.3) is 0 Å². The number of nitrogens with zero attached hydrogens (tertiary/aromatic N) is 1. The molecule has 31 heavy (non-hydrogen) atoms. The zero-order valence-corrected chi connectivity index (χ0v) is 18.1. The molecule has 1 saturated heterocycles. The summed E-state index contributed by atoms with van der Waals surface area (Å²) in [5, 5.41) is 5.73. The topological polar surface area (TPSA) is 89.1 Å². The molecule has 0 unspecified atom stereocenters. The number of hydrogen-bond donors (Lipinski definition) is 2. The number of ether oxygens (including phenoxy) is 3. The van der Waals surface area contributed by atoms with Gasteiger partial charge in [-0.2, -0.15) is 0 Å². The van der Waals surface area contributed by atoms with Crippen molar-refractivity contribution in [2.24, 2.45) is 0 Å². The van der Waals surface area contributed by atoms with Crippen LogP contribution in [-0.4, -0.2) is 51.9 Å². The van der Waals surface area contributed by atoms with Crippen molar-refractivity contribution in [3.05, 3.63) is 48.0 Å². The molecule has 2 aromatic rings. The van der Waals surface area contributed by atoms with E-state index in [1.165, 1.54) is 0 Å². The Labute approximate surface area is 182 Å². The molecule has 3 rings (SSSR count). The van der Waals surface area contributed by atoms with Gasteiger partial charge in [-0.3, -0.25) is 4.79 Å². The van der Waals surface area contributed by atoms with Gasteiger partial charge in [0.05, 0.1) is 26.9 Å². The molecule has 0 aliphatic carbocycles. The van der Waals surface area contributed by atoms with Gasteiger partial charge in [0.15, 0.2) is 11.5 Å². The zero-order valence-electron chi connectivity index (χ0n) is 18.1. The van der Waals surface area contributed by atoms with Gasteiger partial charge in [-0.15, -0.1) is 0 Å². The van der Waals surface area contributed by atoms with Gasteiger partial charge in [0, 0.05) is 25.2 Å². The van der Waals surface area contributed by atoms with E-state index in [4.69, 9.17) is 14.2 Å². The fourth-order valence-corrected chi connectivity index (χ4v) is 3.54.